The topological polar surface area (TPSA) is 49.6 Å². The van der Waals surface area contributed by atoms with Gasteiger partial charge in [-0.15, -0.1) is 0 Å². The van der Waals surface area contributed by atoms with Crippen LogP contribution in [0.5, 0.6) is 0 Å². The number of hydrogen-bond acceptors (Lipinski definition) is 3. The van der Waals surface area contributed by atoms with Crippen molar-refractivity contribution < 1.29 is 4.79 Å². The van der Waals surface area contributed by atoms with E-state index in [1.807, 2.05) is 29.2 Å². The van der Waals surface area contributed by atoms with E-state index in [1.165, 1.54) is 0 Å². The number of amides is 1. The van der Waals surface area contributed by atoms with E-state index in [2.05, 4.69) is 18.9 Å². The minimum Gasteiger partial charge on any atom is -0.399 e. The van der Waals surface area contributed by atoms with Crippen LogP contribution in [0.3, 0.4) is 0 Å². The number of anilines is 1. The molecule has 1 heterocycles. The van der Waals surface area contributed by atoms with Crippen molar-refractivity contribution in [3.63, 3.8) is 0 Å². The molecule has 1 aliphatic rings. The van der Waals surface area contributed by atoms with Crippen molar-refractivity contribution in [3.05, 3.63) is 29.8 Å². The Labute approximate surface area is 108 Å². The molecule has 1 unspecified atom stereocenters. The van der Waals surface area contributed by atoms with Crippen LogP contribution in [0.2, 0.25) is 0 Å². The predicted octanol–water partition coefficient (Wildman–Crippen LogP) is 0.974. The number of benzene rings is 1. The number of likely N-dealkylation sites (N-methyl/N-ethyl adjacent to an activating group) is 1. The lowest BCUT2D eigenvalue weighted by Crippen LogP contribution is -2.53. The second-order valence-electron chi connectivity index (χ2n) is 5.12. The second kappa shape index (κ2) is 5.40. The molecule has 0 radical (unpaired) electrons. The maximum Gasteiger partial charge on any atom is 0.227 e. The summed E-state index contributed by atoms with van der Waals surface area (Å²) in [5, 5.41) is 0. The number of hydrogen-bond donors (Lipinski definition) is 1. The van der Waals surface area contributed by atoms with Crippen molar-refractivity contribution in [1.82, 2.24) is 9.80 Å². The highest BCUT2D eigenvalue weighted by Gasteiger charge is 2.25. The van der Waals surface area contributed by atoms with Gasteiger partial charge in [0, 0.05) is 31.4 Å². The number of rotatable bonds is 2. The van der Waals surface area contributed by atoms with Gasteiger partial charge in [0.1, 0.15) is 0 Å². The number of nitrogen functional groups attached to an aromatic ring is 1. The Kier molecular flexibility index (Phi) is 3.87. The Morgan fingerprint density at radius 2 is 2.00 bits per heavy atom. The SMILES string of the molecule is CC1CN(C)CCN1C(=O)Cc1ccc(N)cc1. The molecule has 0 aliphatic carbocycles. The molecular weight excluding hydrogens is 226 g/mol. The van der Waals surface area contributed by atoms with E-state index in [-0.39, 0.29) is 5.91 Å². The first-order valence-corrected chi connectivity index (χ1v) is 6.38. The summed E-state index contributed by atoms with van der Waals surface area (Å²) >= 11 is 0. The lowest BCUT2D eigenvalue weighted by molar-refractivity contribution is -0.134. The normalized spacial score (nSPS) is 21.0. The lowest BCUT2D eigenvalue weighted by atomic mass is 10.1. The molecule has 1 aromatic carbocycles. The molecule has 1 saturated heterocycles. The summed E-state index contributed by atoms with van der Waals surface area (Å²) in [7, 11) is 2.10. The third-order valence-corrected chi connectivity index (χ3v) is 3.49. The summed E-state index contributed by atoms with van der Waals surface area (Å²) in [4.78, 5) is 16.5. The molecule has 0 aromatic heterocycles. The van der Waals surface area contributed by atoms with Crippen LogP contribution in [-0.2, 0) is 11.2 Å². The number of nitrogens with two attached hydrogens (primary N) is 1. The summed E-state index contributed by atoms with van der Waals surface area (Å²) in [6.07, 6.45) is 0.467. The fourth-order valence-corrected chi connectivity index (χ4v) is 2.42. The monoisotopic (exact) mass is 247 g/mol. The summed E-state index contributed by atoms with van der Waals surface area (Å²) < 4.78 is 0. The first-order chi connectivity index (χ1) is 8.56. The highest BCUT2D eigenvalue weighted by atomic mass is 16.2. The summed E-state index contributed by atoms with van der Waals surface area (Å²) in [6.45, 7) is 4.84. The Balaban J connectivity index is 1.97. The predicted molar refractivity (Wildman–Crippen MR) is 73.2 cm³/mol. The molecule has 1 aromatic rings. The average molecular weight is 247 g/mol. The number of piperazine rings is 1. The quantitative estimate of drug-likeness (QED) is 0.792. The van der Waals surface area contributed by atoms with Crippen molar-refractivity contribution in [2.24, 2.45) is 0 Å². The third kappa shape index (κ3) is 3.01. The molecule has 98 valence electrons. The standard InChI is InChI=1S/C14H21N3O/c1-11-10-16(2)7-8-17(11)14(18)9-12-3-5-13(15)6-4-12/h3-6,11H,7-10,15H2,1-2H3. The molecule has 0 bridgehead atoms. The van der Waals surface area contributed by atoms with Gasteiger partial charge in [-0.05, 0) is 31.7 Å². The van der Waals surface area contributed by atoms with Crippen LogP contribution in [0.25, 0.3) is 0 Å². The van der Waals surface area contributed by atoms with Crippen LogP contribution in [0, 0.1) is 0 Å². The molecule has 1 fully saturated rings. The molecule has 1 aliphatic heterocycles. The Morgan fingerprint density at radius 1 is 1.33 bits per heavy atom. The fraction of sp³-hybridized carbons (Fsp3) is 0.500. The van der Waals surface area contributed by atoms with Crippen molar-refractivity contribution in [2.75, 3.05) is 32.4 Å². The summed E-state index contributed by atoms with van der Waals surface area (Å²) in [5.41, 5.74) is 7.40. The largest absolute Gasteiger partial charge is 0.399 e. The van der Waals surface area contributed by atoms with E-state index < -0.39 is 0 Å². The zero-order valence-corrected chi connectivity index (χ0v) is 11.1. The van der Waals surface area contributed by atoms with E-state index in [0.717, 1.165) is 30.9 Å². The average Bonchev–Trinajstić information content (AvgIpc) is 2.32. The third-order valence-electron chi connectivity index (χ3n) is 3.49. The second-order valence-corrected chi connectivity index (χ2v) is 5.12. The first-order valence-electron chi connectivity index (χ1n) is 6.38. The number of carbonyl (C=O) groups excluding carboxylic acids is 1. The van der Waals surface area contributed by atoms with E-state index in [9.17, 15) is 4.79 Å². The van der Waals surface area contributed by atoms with Crippen LogP contribution in [0.15, 0.2) is 24.3 Å². The molecule has 4 heteroatoms. The van der Waals surface area contributed by atoms with Crippen molar-refractivity contribution in [1.29, 1.82) is 0 Å². The first kappa shape index (κ1) is 12.9. The van der Waals surface area contributed by atoms with E-state index in [4.69, 9.17) is 5.73 Å². The number of nitrogens with zero attached hydrogens (tertiary/aromatic N) is 2. The zero-order chi connectivity index (χ0) is 13.1. The van der Waals surface area contributed by atoms with Gasteiger partial charge in [-0.2, -0.15) is 0 Å². The van der Waals surface area contributed by atoms with Gasteiger partial charge in [-0.1, -0.05) is 12.1 Å². The minimum absolute atomic E-state index is 0.209. The van der Waals surface area contributed by atoms with Gasteiger partial charge >= 0.3 is 0 Å². The Hall–Kier alpha value is -1.55. The molecular formula is C14H21N3O. The molecule has 1 atom stereocenters. The van der Waals surface area contributed by atoms with Gasteiger partial charge in [0.05, 0.1) is 6.42 Å². The molecule has 2 N–H and O–H groups in total. The van der Waals surface area contributed by atoms with Crippen LogP contribution >= 0.6 is 0 Å². The minimum atomic E-state index is 0.209. The van der Waals surface area contributed by atoms with Gasteiger partial charge in [-0.25, -0.2) is 0 Å². The van der Waals surface area contributed by atoms with Crippen LogP contribution in [-0.4, -0.2) is 48.4 Å². The smallest absolute Gasteiger partial charge is 0.227 e. The highest BCUT2D eigenvalue weighted by Crippen LogP contribution is 2.12. The fourth-order valence-electron chi connectivity index (χ4n) is 2.42. The van der Waals surface area contributed by atoms with Crippen LogP contribution in [0.1, 0.15) is 12.5 Å². The van der Waals surface area contributed by atoms with Gasteiger partial charge in [0.15, 0.2) is 0 Å². The molecule has 18 heavy (non-hydrogen) atoms. The maximum absolute atomic E-state index is 12.2. The lowest BCUT2D eigenvalue weighted by Gasteiger charge is -2.38. The van der Waals surface area contributed by atoms with Crippen LogP contribution < -0.4 is 5.73 Å². The molecule has 0 saturated carbocycles. The van der Waals surface area contributed by atoms with Crippen LogP contribution in [0.4, 0.5) is 5.69 Å². The highest BCUT2D eigenvalue weighted by molar-refractivity contribution is 5.79. The van der Waals surface area contributed by atoms with Crippen molar-refractivity contribution in [3.8, 4) is 0 Å². The Bertz CT molecular complexity index is 416. The van der Waals surface area contributed by atoms with Gasteiger partial charge < -0.3 is 15.5 Å². The van der Waals surface area contributed by atoms with Crippen molar-refractivity contribution in [2.45, 2.75) is 19.4 Å². The van der Waals surface area contributed by atoms with Gasteiger partial charge in [0.2, 0.25) is 5.91 Å². The molecule has 4 nitrogen and oxygen atoms in total. The summed E-state index contributed by atoms with van der Waals surface area (Å²) in [5.74, 6) is 0.209. The maximum atomic E-state index is 12.2. The molecule has 2 rings (SSSR count). The van der Waals surface area contributed by atoms with E-state index in [0.29, 0.717) is 12.5 Å². The van der Waals surface area contributed by atoms with E-state index in [1.54, 1.807) is 0 Å². The summed E-state index contributed by atoms with van der Waals surface area (Å²) in [6, 6.07) is 7.83. The van der Waals surface area contributed by atoms with Gasteiger partial charge in [0.25, 0.3) is 0 Å². The van der Waals surface area contributed by atoms with Gasteiger partial charge in [-0.3, -0.25) is 4.79 Å². The number of carbonyl (C=O) groups is 1. The van der Waals surface area contributed by atoms with E-state index >= 15 is 0 Å². The Morgan fingerprint density at radius 3 is 2.61 bits per heavy atom. The zero-order valence-electron chi connectivity index (χ0n) is 11.1. The molecule has 0 spiro atoms. The van der Waals surface area contributed by atoms with Crippen molar-refractivity contribution >= 4 is 11.6 Å². The molecule has 1 amide bonds.